The Hall–Kier alpha value is -1.52. The molecule has 1 heterocycles. The number of pyridine rings is 1. The number of hydrogen-bond acceptors (Lipinski definition) is 4. The van der Waals surface area contributed by atoms with Crippen LogP contribution in [0.25, 0.3) is 0 Å². The highest BCUT2D eigenvalue weighted by molar-refractivity contribution is 6.31. The molecule has 1 saturated carbocycles. The molecule has 4 aliphatic rings. The maximum atomic E-state index is 12.4. The van der Waals surface area contributed by atoms with Crippen molar-refractivity contribution >= 4 is 35.0 Å². The Bertz CT molecular complexity index is 782. The third-order valence-corrected chi connectivity index (χ3v) is 6.51. The summed E-state index contributed by atoms with van der Waals surface area (Å²) in [5, 5.41) is 2.95. The standard InChI is InChI=1S/C20H22Cl2N2O2/c1-2-26-20(25)14-10-23-19(24-13-7-8-15(21)16(22)9-13)18-12-5-3-11(4-6-12)17(14)18/h7-12,15-16H,2-6H2,1H3,(H,23,24). The van der Waals surface area contributed by atoms with E-state index in [1.807, 2.05) is 25.2 Å². The van der Waals surface area contributed by atoms with Crippen LogP contribution < -0.4 is 5.32 Å². The van der Waals surface area contributed by atoms with Gasteiger partial charge in [-0.2, -0.15) is 0 Å². The number of carbonyl (C=O) groups is 1. The number of anilines is 1. The molecule has 2 unspecified atom stereocenters. The quantitative estimate of drug-likeness (QED) is 0.572. The van der Waals surface area contributed by atoms with Gasteiger partial charge in [0.15, 0.2) is 0 Å². The van der Waals surface area contributed by atoms with Crippen molar-refractivity contribution in [3.8, 4) is 0 Å². The number of allylic oxidation sites excluding steroid dienone is 3. The van der Waals surface area contributed by atoms with Crippen LogP contribution in [-0.2, 0) is 4.74 Å². The molecule has 0 aliphatic heterocycles. The van der Waals surface area contributed by atoms with Crippen molar-refractivity contribution in [3.63, 3.8) is 0 Å². The van der Waals surface area contributed by atoms with E-state index in [0.29, 0.717) is 24.0 Å². The minimum Gasteiger partial charge on any atom is -0.462 e. The number of nitrogens with zero attached hydrogens (tertiary/aromatic N) is 1. The van der Waals surface area contributed by atoms with Crippen LogP contribution in [0.5, 0.6) is 0 Å². The lowest BCUT2D eigenvalue weighted by atomic mass is 9.66. The van der Waals surface area contributed by atoms with Crippen molar-refractivity contribution in [2.45, 2.75) is 55.2 Å². The molecule has 5 rings (SSSR count). The first kappa shape index (κ1) is 17.9. The van der Waals surface area contributed by atoms with Crippen LogP contribution in [-0.4, -0.2) is 28.3 Å². The van der Waals surface area contributed by atoms with E-state index >= 15 is 0 Å². The molecule has 0 radical (unpaired) electrons. The average Bonchev–Trinajstić information content (AvgIpc) is 2.66. The molecule has 26 heavy (non-hydrogen) atoms. The summed E-state index contributed by atoms with van der Waals surface area (Å²) < 4.78 is 5.26. The van der Waals surface area contributed by atoms with Crippen LogP contribution >= 0.6 is 23.2 Å². The van der Waals surface area contributed by atoms with Gasteiger partial charge in [0, 0.05) is 17.5 Å². The van der Waals surface area contributed by atoms with Crippen molar-refractivity contribution in [2.24, 2.45) is 0 Å². The van der Waals surface area contributed by atoms with Gasteiger partial charge in [-0.1, -0.05) is 6.08 Å². The fourth-order valence-electron chi connectivity index (χ4n) is 4.38. The third-order valence-electron chi connectivity index (χ3n) is 5.56. The van der Waals surface area contributed by atoms with Crippen molar-refractivity contribution in [1.29, 1.82) is 0 Å². The van der Waals surface area contributed by atoms with E-state index in [0.717, 1.165) is 42.8 Å². The molecule has 1 fully saturated rings. The number of carbonyl (C=O) groups excluding carboxylic acids is 1. The van der Waals surface area contributed by atoms with Crippen LogP contribution in [0.3, 0.4) is 0 Å². The van der Waals surface area contributed by atoms with Gasteiger partial charge in [0.1, 0.15) is 5.82 Å². The van der Waals surface area contributed by atoms with E-state index in [4.69, 9.17) is 27.9 Å². The SMILES string of the molecule is CCOC(=O)c1cnc(NC2=CC(Cl)C(Cl)C=C2)c2c1C1CCC2CC1. The van der Waals surface area contributed by atoms with E-state index in [9.17, 15) is 4.79 Å². The number of alkyl halides is 2. The maximum Gasteiger partial charge on any atom is 0.339 e. The third kappa shape index (κ3) is 3.14. The fourth-order valence-corrected chi connectivity index (χ4v) is 4.74. The molecule has 6 heteroatoms. The molecule has 4 nitrogen and oxygen atoms in total. The highest BCUT2D eigenvalue weighted by Crippen LogP contribution is 2.52. The summed E-state index contributed by atoms with van der Waals surface area (Å²) in [6.07, 6.45) is 12.0. The molecule has 1 aromatic heterocycles. The molecule has 0 amide bonds. The predicted molar refractivity (Wildman–Crippen MR) is 104 cm³/mol. The monoisotopic (exact) mass is 392 g/mol. The van der Waals surface area contributed by atoms with Crippen LogP contribution in [0.1, 0.15) is 65.9 Å². The Morgan fingerprint density at radius 1 is 1.19 bits per heavy atom. The zero-order valence-corrected chi connectivity index (χ0v) is 16.2. The Morgan fingerprint density at radius 2 is 1.88 bits per heavy atom. The summed E-state index contributed by atoms with van der Waals surface area (Å²) in [5.74, 6) is 1.43. The van der Waals surface area contributed by atoms with E-state index in [2.05, 4.69) is 10.3 Å². The highest BCUT2D eigenvalue weighted by atomic mass is 35.5. The summed E-state index contributed by atoms with van der Waals surface area (Å²) >= 11 is 12.4. The second-order valence-corrected chi connectivity index (χ2v) is 8.12. The van der Waals surface area contributed by atoms with Gasteiger partial charge in [-0.25, -0.2) is 9.78 Å². The Kier molecular flexibility index (Phi) is 4.98. The van der Waals surface area contributed by atoms with Crippen LogP contribution in [0.4, 0.5) is 5.82 Å². The van der Waals surface area contributed by atoms with E-state index in [-0.39, 0.29) is 16.7 Å². The largest absolute Gasteiger partial charge is 0.462 e. The Labute approximate surface area is 163 Å². The Balaban J connectivity index is 1.73. The number of nitrogens with one attached hydrogen (secondary N) is 1. The van der Waals surface area contributed by atoms with Crippen LogP contribution in [0.2, 0.25) is 0 Å². The number of halogens is 2. The lowest BCUT2D eigenvalue weighted by Gasteiger charge is -2.40. The molecule has 138 valence electrons. The van der Waals surface area contributed by atoms with Gasteiger partial charge in [-0.15, -0.1) is 23.2 Å². The zero-order chi connectivity index (χ0) is 18.3. The van der Waals surface area contributed by atoms with Gasteiger partial charge in [0.25, 0.3) is 0 Å². The summed E-state index contributed by atoms with van der Waals surface area (Å²) in [6.45, 7) is 2.20. The van der Waals surface area contributed by atoms with Crippen molar-refractivity contribution in [1.82, 2.24) is 4.98 Å². The van der Waals surface area contributed by atoms with E-state index < -0.39 is 0 Å². The first-order chi connectivity index (χ1) is 12.6. The van der Waals surface area contributed by atoms with Gasteiger partial charge in [-0.3, -0.25) is 0 Å². The highest BCUT2D eigenvalue weighted by Gasteiger charge is 2.38. The minimum atomic E-state index is -0.266. The molecular weight excluding hydrogens is 371 g/mol. The number of rotatable bonds is 4. The van der Waals surface area contributed by atoms with Crippen molar-refractivity contribution in [2.75, 3.05) is 11.9 Å². The van der Waals surface area contributed by atoms with Crippen LogP contribution in [0, 0.1) is 0 Å². The molecule has 1 N–H and O–H groups in total. The van der Waals surface area contributed by atoms with Gasteiger partial charge in [0.2, 0.25) is 0 Å². The topological polar surface area (TPSA) is 51.2 Å². The van der Waals surface area contributed by atoms with Gasteiger partial charge in [-0.05, 0) is 62.2 Å². The van der Waals surface area contributed by atoms with Gasteiger partial charge < -0.3 is 10.1 Å². The van der Waals surface area contributed by atoms with Gasteiger partial charge in [0.05, 0.1) is 22.9 Å². The molecule has 4 aliphatic carbocycles. The molecule has 0 aromatic carbocycles. The zero-order valence-electron chi connectivity index (χ0n) is 14.7. The number of fused-ring (bicyclic) bond motifs is 2. The number of aromatic nitrogens is 1. The molecule has 2 atom stereocenters. The lowest BCUT2D eigenvalue weighted by molar-refractivity contribution is 0.0522. The molecular formula is C20H22Cl2N2O2. The summed E-state index contributed by atoms with van der Waals surface area (Å²) in [7, 11) is 0. The first-order valence-corrected chi connectivity index (χ1v) is 10.1. The smallest absolute Gasteiger partial charge is 0.339 e. The normalized spacial score (nSPS) is 29.1. The van der Waals surface area contributed by atoms with E-state index in [1.165, 1.54) is 5.56 Å². The summed E-state index contributed by atoms with van der Waals surface area (Å²) in [5.41, 5.74) is 3.85. The fraction of sp³-hybridized carbons (Fsp3) is 0.500. The lowest BCUT2D eigenvalue weighted by Crippen LogP contribution is -2.27. The van der Waals surface area contributed by atoms with Gasteiger partial charge >= 0.3 is 5.97 Å². The van der Waals surface area contributed by atoms with Crippen molar-refractivity contribution in [3.05, 3.63) is 46.8 Å². The summed E-state index contributed by atoms with van der Waals surface area (Å²) in [4.78, 5) is 17.0. The first-order valence-electron chi connectivity index (χ1n) is 9.23. The Morgan fingerprint density at radius 3 is 2.54 bits per heavy atom. The minimum absolute atomic E-state index is 0.203. The molecule has 1 aromatic rings. The number of hydrogen-bond donors (Lipinski definition) is 1. The average molecular weight is 393 g/mol. The molecule has 0 spiro atoms. The second kappa shape index (κ2) is 7.24. The van der Waals surface area contributed by atoms with Crippen molar-refractivity contribution < 1.29 is 9.53 Å². The van der Waals surface area contributed by atoms with E-state index in [1.54, 1.807) is 6.20 Å². The number of ether oxygens (including phenoxy) is 1. The second-order valence-electron chi connectivity index (χ2n) is 7.11. The predicted octanol–water partition coefficient (Wildman–Crippen LogP) is 5.09. The number of esters is 1. The summed E-state index contributed by atoms with van der Waals surface area (Å²) in [6, 6.07) is 0. The maximum absolute atomic E-state index is 12.4. The molecule has 0 saturated heterocycles. The van der Waals surface area contributed by atoms with Crippen LogP contribution in [0.15, 0.2) is 30.1 Å². The molecule has 2 bridgehead atoms.